The predicted octanol–water partition coefficient (Wildman–Crippen LogP) is -4.03. The van der Waals surface area contributed by atoms with Gasteiger partial charge < -0.3 is 107 Å². The molecule has 0 spiro atoms. The molecule has 5 rings (SSSR count). The number of aromatic amines is 2. The summed E-state index contributed by atoms with van der Waals surface area (Å²) < 4.78 is 0. The number of carboxylic acid groups (broad SMARTS) is 1. The number of fused-ring (bicyclic) bond motifs is 2. The average molecular weight is 1580 g/mol. The highest BCUT2D eigenvalue weighted by molar-refractivity contribution is 7.80. The molecule has 602 valence electrons. The number of aliphatic hydroxyl groups excluding tert-OH is 1. The summed E-state index contributed by atoms with van der Waals surface area (Å²) in [4.78, 5) is 236. The first kappa shape index (κ1) is 90.0. The van der Waals surface area contributed by atoms with E-state index < -0.39 is 230 Å². The minimum absolute atomic E-state index is 0.120. The Morgan fingerprint density at radius 1 is 0.441 bits per heavy atom. The van der Waals surface area contributed by atoms with Gasteiger partial charge in [0.25, 0.3) is 0 Å². The summed E-state index contributed by atoms with van der Waals surface area (Å²) in [6, 6.07) is 5.45. The number of carboxylic acids is 1. The summed E-state index contributed by atoms with van der Waals surface area (Å²) in [6.07, 6.45) is -3.53. The van der Waals surface area contributed by atoms with Crippen LogP contribution in [0.2, 0.25) is 0 Å². The van der Waals surface area contributed by atoms with Crippen molar-refractivity contribution in [3.63, 3.8) is 0 Å². The first-order chi connectivity index (χ1) is 52.4. The van der Waals surface area contributed by atoms with Crippen molar-refractivity contribution in [1.29, 1.82) is 0 Å². The fourth-order valence-corrected chi connectivity index (χ4v) is 12.1. The number of rotatable bonds is 47. The second-order valence-electron chi connectivity index (χ2n) is 27.2. The number of H-pyrrole nitrogens is 2. The lowest BCUT2D eigenvalue weighted by Crippen LogP contribution is -2.65. The molecule has 0 saturated carbocycles. The van der Waals surface area contributed by atoms with E-state index in [1.807, 2.05) is 13.8 Å². The summed E-state index contributed by atoms with van der Waals surface area (Å²) >= 11 is 8.49. The van der Waals surface area contributed by atoms with E-state index in [1.54, 1.807) is 85.1 Å². The third-order valence-corrected chi connectivity index (χ3v) is 18.3. The Labute approximate surface area is 648 Å². The fourth-order valence-electron chi connectivity index (χ4n) is 11.6. The lowest BCUT2D eigenvalue weighted by Gasteiger charge is -2.34. The van der Waals surface area contributed by atoms with Gasteiger partial charge in [-0.1, -0.05) is 80.6 Å². The molecule has 16 amide bonds. The van der Waals surface area contributed by atoms with Crippen molar-refractivity contribution < 1.29 is 91.7 Å². The maximum Gasteiger partial charge on any atom is 0.303 e. The van der Waals surface area contributed by atoms with Gasteiger partial charge in [-0.2, -0.15) is 25.3 Å². The van der Waals surface area contributed by atoms with Crippen molar-refractivity contribution in [2.45, 2.75) is 184 Å². The highest BCUT2D eigenvalue weighted by atomic mass is 32.1. The molecule has 39 heteroatoms. The molecule has 2 heterocycles. The first-order valence-corrected chi connectivity index (χ1v) is 36.7. The van der Waals surface area contributed by atoms with Gasteiger partial charge >= 0.3 is 5.97 Å². The quantitative estimate of drug-likeness (QED) is 0.0165. The molecule has 0 saturated heterocycles. The van der Waals surface area contributed by atoms with Crippen LogP contribution >= 0.6 is 25.3 Å². The van der Waals surface area contributed by atoms with Crippen molar-refractivity contribution >= 4 is 148 Å². The molecule has 12 atom stereocenters. The number of primary amides is 4. The topological polar surface area (TPSA) is 611 Å². The summed E-state index contributed by atoms with van der Waals surface area (Å²) in [5.74, 6) is -18.5. The summed E-state index contributed by atoms with van der Waals surface area (Å²) in [6.45, 7) is 6.49. The molecule has 3 aromatic carbocycles. The Morgan fingerprint density at radius 3 is 1.29 bits per heavy atom. The highest BCUT2D eigenvalue weighted by Crippen LogP contribution is 2.23. The number of aliphatic carboxylic acids is 1. The molecule has 0 unspecified atom stereocenters. The number of benzene rings is 3. The lowest BCUT2D eigenvalue weighted by atomic mass is 9.90. The third kappa shape index (κ3) is 29.1. The van der Waals surface area contributed by atoms with E-state index in [2.05, 4.69) is 99.0 Å². The van der Waals surface area contributed by atoms with Gasteiger partial charge in [0.2, 0.25) is 94.5 Å². The molecule has 0 fully saturated rings. The summed E-state index contributed by atoms with van der Waals surface area (Å²) in [5.41, 5.74) is 22.0. The van der Waals surface area contributed by atoms with E-state index in [-0.39, 0.29) is 43.8 Å². The molecule has 0 radical (unpaired) electrons. The van der Waals surface area contributed by atoms with Gasteiger partial charge in [0.15, 0.2) is 0 Å². The molecule has 2 aromatic heterocycles. The molecule has 5 aromatic rings. The molecular weight excluding hydrogens is 1490 g/mol. The fraction of sp³-hybridized carbons (Fsp3) is 0.458. The number of amides is 16. The van der Waals surface area contributed by atoms with Crippen LogP contribution in [-0.2, 0) is 101 Å². The van der Waals surface area contributed by atoms with Crippen LogP contribution in [-0.4, -0.2) is 211 Å². The Balaban J connectivity index is 1.49. The number of nitrogens with two attached hydrogens (primary N) is 4. The molecular formula is C72H98N18O19S2. The normalized spacial score (nSPS) is 14.7. The minimum Gasteiger partial charge on any atom is -0.481 e. The molecule has 0 bridgehead atoms. The number of aromatic nitrogens is 2. The molecule has 37 nitrogen and oxygen atoms in total. The third-order valence-electron chi connectivity index (χ3n) is 17.6. The standard InChI is InChI=1S/C72H98N18O19S2/c1-36(2)19-20-46(62(100)81-49(23-26-59(97)98)63(101)85-52(29-57(75)95)61(99)79-33-58(76)96)82-67(105)51(28-41-32-78-45-18-12-10-16-43(41)45)88-71(109)72(5,30-39-13-7-6-8-14-39)90-69(107)54(35-111)87-64(102)47(21-24-55(73)93)83-66(104)50(27-40-31-77-44-17-11-9-15-42(40)44)86-70(108)60(37(3)91)89-65(103)48(22-25-56(74)94)84-68(106)53(34-110)80-38(4)92/h6-18,31-32,36-37,46-54,60,77-78,91,110-111H,19-30,33-35H2,1-5H3,(H2,73,93)(H2,74,94)(H2,75,95)(H2,76,96)(H,79,99)(H,80,92)(H,81,100)(H,82,105)(H,83,104)(H,84,106)(H,85,101)(H,86,108)(H,87,102)(H,88,109)(H,89,103)(H,90,107)(H,97,98)/t37-,46+,47+,48+,49+,50+,51+,52+,53+,54+,60+,72+/m1/s1. The zero-order chi connectivity index (χ0) is 82.4. The van der Waals surface area contributed by atoms with Gasteiger partial charge in [0.1, 0.15) is 66.0 Å². The van der Waals surface area contributed by atoms with Gasteiger partial charge in [-0.25, -0.2) is 0 Å². The average Bonchev–Trinajstić information content (AvgIpc) is 1.62. The number of thiol groups is 2. The van der Waals surface area contributed by atoms with E-state index in [0.29, 0.717) is 38.5 Å². The van der Waals surface area contributed by atoms with E-state index in [1.165, 1.54) is 13.1 Å². The summed E-state index contributed by atoms with van der Waals surface area (Å²) in [7, 11) is 0. The maximum absolute atomic E-state index is 15.4. The van der Waals surface area contributed by atoms with Crippen LogP contribution in [0.3, 0.4) is 0 Å². The Morgan fingerprint density at radius 2 is 0.847 bits per heavy atom. The largest absolute Gasteiger partial charge is 0.481 e. The Kier molecular flexibility index (Phi) is 35.3. The number of carbonyl (C=O) groups excluding carboxylic acids is 16. The van der Waals surface area contributed by atoms with Gasteiger partial charge in [0, 0.05) is 91.2 Å². The number of para-hydroxylation sites is 2. The second-order valence-corrected chi connectivity index (χ2v) is 27.9. The van der Waals surface area contributed by atoms with Crippen molar-refractivity contribution in [1.82, 2.24) is 73.8 Å². The van der Waals surface area contributed by atoms with Gasteiger partial charge in [0.05, 0.1) is 19.1 Å². The van der Waals surface area contributed by atoms with Crippen LogP contribution in [0.25, 0.3) is 21.8 Å². The highest BCUT2D eigenvalue weighted by Gasteiger charge is 2.42. The lowest BCUT2D eigenvalue weighted by molar-refractivity contribution is -0.139. The zero-order valence-corrected chi connectivity index (χ0v) is 63.5. The number of nitrogens with one attached hydrogen (secondary N) is 14. The monoisotopic (exact) mass is 1580 g/mol. The van der Waals surface area contributed by atoms with Gasteiger partial charge in [-0.15, -0.1) is 0 Å². The van der Waals surface area contributed by atoms with Crippen LogP contribution < -0.4 is 86.7 Å². The smallest absolute Gasteiger partial charge is 0.303 e. The van der Waals surface area contributed by atoms with Crippen LogP contribution in [0, 0.1) is 5.92 Å². The van der Waals surface area contributed by atoms with Gasteiger partial charge in [-0.3, -0.25) is 81.5 Å². The van der Waals surface area contributed by atoms with Crippen molar-refractivity contribution in [2.24, 2.45) is 28.9 Å². The maximum atomic E-state index is 15.4. The van der Waals surface area contributed by atoms with E-state index in [4.69, 9.17) is 22.9 Å². The SMILES string of the molecule is CC(=O)N[C@@H](CS)C(=O)N[C@@H](CCC(N)=O)C(=O)N[C@H](C(=O)N[C@@H](Cc1c[nH]c2ccccc12)C(=O)N[C@@H](CCC(N)=O)C(=O)N[C@@H](CS)C(=O)N[C@@](C)(Cc1ccccc1)C(=O)N[C@@H](Cc1c[nH]c2ccccc12)C(=O)N[C@@H](CCC(C)C)C(=O)N[C@@H](CCC(=O)O)C(=O)N[C@@H](CC(N)=O)C(=O)NCC(N)=O)[C@@H](C)O. The number of hydrogen-bond donors (Lipinski definition) is 22. The van der Waals surface area contributed by atoms with Gasteiger partial charge in [-0.05, 0) is 80.7 Å². The minimum atomic E-state index is -2.09. The van der Waals surface area contributed by atoms with Crippen molar-refractivity contribution in [3.05, 3.63) is 108 Å². The zero-order valence-electron chi connectivity index (χ0n) is 61.7. The molecule has 24 N–H and O–H groups in total. The first-order valence-electron chi connectivity index (χ1n) is 35.4. The van der Waals surface area contributed by atoms with E-state index in [0.717, 1.165) is 13.8 Å². The number of carbonyl (C=O) groups is 17. The molecule has 0 aliphatic carbocycles. The van der Waals surface area contributed by atoms with Crippen molar-refractivity contribution in [3.8, 4) is 0 Å². The number of hydrogen-bond acceptors (Lipinski definition) is 20. The summed E-state index contributed by atoms with van der Waals surface area (Å²) in [5, 5.41) is 51.6. The second kappa shape index (κ2) is 43.5. The molecule has 0 aliphatic heterocycles. The van der Waals surface area contributed by atoms with Crippen LogP contribution in [0.4, 0.5) is 0 Å². The predicted molar refractivity (Wildman–Crippen MR) is 409 cm³/mol. The Hall–Kier alpha value is -11.6. The van der Waals surface area contributed by atoms with Crippen molar-refractivity contribution in [2.75, 3.05) is 18.1 Å². The van der Waals surface area contributed by atoms with Crippen LogP contribution in [0.5, 0.6) is 0 Å². The van der Waals surface area contributed by atoms with E-state index >= 15 is 9.59 Å². The van der Waals surface area contributed by atoms with Crippen LogP contribution in [0.15, 0.2) is 91.3 Å². The Bertz CT molecular complexity index is 4190. The number of aliphatic hydroxyl groups is 1. The molecule has 111 heavy (non-hydrogen) atoms. The van der Waals surface area contributed by atoms with E-state index in [9.17, 15) is 82.1 Å². The van der Waals surface area contributed by atoms with Crippen LogP contribution in [0.1, 0.15) is 109 Å². The molecule has 0 aliphatic rings.